The first-order valence-electron chi connectivity index (χ1n) is 5.60. The quantitative estimate of drug-likeness (QED) is 0.551. The Morgan fingerprint density at radius 3 is 2.86 bits per heavy atom. The summed E-state index contributed by atoms with van der Waals surface area (Å²) in [5, 5.41) is 0. The molecule has 5 unspecified atom stereocenters. The highest BCUT2D eigenvalue weighted by molar-refractivity contribution is 5.78. The zero-order valence-corrected chi connectivity index (χ0v) is 8.69. The van der Waals surface area contributed by atoms with Crippen molar-refractivity contribution in [3.05, 3.63) is 11.8 Å². The van der Waals surface area contributed by atoms with Gasteiger partial charge in [0.15, 0.2) is 0 Å². The van der Waals surface area contributed by atoms with E-state index in [4.69, 9.17) is 4.74 Å². The summed E-state index contributed by atoms with van der Waals surface area (Å²) >= 11 is 0. The molecule has 0 N–H and O–H groups in total. The van der Waals surface area contributed by atoms with Gasteiger partial charge in [-0.2, -0.15) is 0 Å². The summed E-state index contributed by atoms with van der Waals surface area (Å²) in [4.78, 5) is 11.7. The van der Waals surface area contributed by atoms with Crippen LogP contribution in [0.5, 0.6) is 0 Å². The number of carbonyl (C=O) groups is 1. The molecule has 2 bridgehead atoms. The van der Waals surface area contributed by atoms with Gasteiger partial charge in [0.25, 0.3) is 0 Å². The lowest BCUT2D eigenvalue weighted by Crippen LogP contribution is -2.26. The van der Waals surface area contributed by atoms with Crippen LogP contribution in [0.2, 0.25) is 0 Å². The highest BCUT2D eigenvalue weighted by Crippen LogP contribution is 2.60. The van der Waals surface area contributed by atoms with Crippen LogP contribution in [0.1, 0.15) is 26.7 Å². The van der Waals surface area contributed by atoms with Crippen LogP contribution < -0.4 is 0 Å². The molecule has 1 heterocycles. The van der Waals surface area contributed by atoms with Gasteiger partial charge in [-0.25, -0.2) is 0 Å². The van der Waals surface area contributed by atoms with Crippen molar-refractivity contribution in [3.8, 4) is 0 Å². The first-order valence-corrected chi connectivity index (χ1v) is 5.60. The smallest absolute Gasteiger partial charge is 0.315 e. The number of allylic oxidation sites excluding steroid dienone is 2. The van der Waals surface area contributed by atoms with Crippen LogP contribution in [0.25, 0.3) is 0 Å². The van der Waals surface area contributed by atoms with Crippen molar-refractivity contribution in [1.29, 1.82) is 0 Å². The van der Waals surface area contributed by atoms with Crippen molar-refractivity contribution in [2.75, 3.05) is 0 Å². The Kier molecular flexibility index (Phi) is 1.59. The number of carbonyl (C=O) groups excluding carboxylic acids is 1. The van der Waals surface area contributed by atoms with Gasteiger partial charge in [-0.3, -0.25) is 4.79 Å². The van der Waals surface area contributed by atoms with Crippen molar-refractivity contribution in [1.82, 2.24) is 0 Å². The average Bonchev–Trinajstić information content (AvgIpc) is 2.76. The van der Waals surface area contributed by atoms with Crippen molar-refractivity contribution in [3.63, 3.8) is 0 Å². The standard InChI is InChI=1S/C12H16O2/c1-3-9-11-8-5-7(4-6(8)2)10(11)12(13)14-9/h3,6-8,10-11H,4-5H2,1-2H3/b9-3+. The summed E-state index contributed by atoms with van der Waals surface area (Å²) < 4.78 is 5.33. The Morgan fingerprint density at radius 1 is 1.36 bits per heavy atom. The Morgan fingerprint density at radius 2 is 2.14 bits per heavy atom. The lowest BCUT2D eigenvalue weighted by molar-refractivity contribution is -0.140. The fraction of sp³-hybridized carbons (Fsp3) is 0.750. The summed E-state index contributed by atoms with van der Waals surface area (Å²) in [6.45, 7) is 4.29. The third-order valence-corrected chi connectivity index (χ3v) is 4.44. The average molecular weight is 192 g/mol. The number of hydrogen-bond donors (Lipinski definition) is 0. The number of cyclic esters (lactones) is 1. The van der Waals surface area contributed by atoms with E-state index >= 15 is 0 Å². The monoisotopic (exact) mass is 192 g/mol. The van der Waals surface area contributed by atoms with Gasteiger partial charge in [-0.1, -0.05) is 6.92 Å². The lowest BCUT2D eigenvalue weighted by atomic mass is 9.75. The summed E-state index contributed by atoms with van der Waals surface area (Å²) in [6, 6.07) is 0. The first-order chi connectivity index (χ1) is 6.72. The van der Waals surface area contributed by atoms with Gasteiger partial charge in [-0.05, 0) is 43.6 Å². The minimum atomic E-state index is 0.0440. The van der Waals surface area contributed by atoms with Crippen LogP contribution in [-0.4, -0.2) is 5.97 Å². The molecule has 3 fully saturated rings. The Balaban J connectivity index is 2.00. The first kappa shape index (κ1) is 8.51. The largest absolute Gasteiger partial charge is 0.431 e. The fourth-order valence-electron chi connectivity index (χ4n) is 3.91. The van der Waals surface area contributed by atoms with E-state index in [0.29, 0.717) is 17.8 Å². The Bertz CT molecular complexity index is 318. The van der Waals surface area contributed by atoms with Crippen molar-refractivity contribution >= 4 is 5.97 Å². The molecule has 2 aliphatic carbocycles. The van der Waals surface area contributed by atoms with Crippen molar-refractivity contribution < 1.29 is 9.53 Å². The SMILES string of the molecule is C/C=C1/OC(=O)C2C3CC(C)C(C3)C12. The Labute approximate surface area is 84.3 Å². The third-order valence-electron chi connectivity index (χ3n) is 4.44. The molecule has 0 amide bonds. The molecule has 1 saturated heterocycles. The maximum Gasteiger partial charge on any atom is 0.315 e. The molecule has 0 radical (unpaired) electrons. The molecule has 0 aromatic heterocycles. The Hall–Kier alpha value is -0.790. The van der Waals surface area contributed by atoms with Crippen molar-refractivity contribution in [2.45, 2.75) is 26.7 Å². The highest BCUT2D eigenvalue weighted by atomic mass is 16.5. The van der Waals surface area contributed by atoms with Gasteiger partial charge in [0.1, 0.15) is 5.76 Å². The number of ether oxygens (including phenoxy) is 1. The minimum absolute atomic E-state index is 0.0440. The van der Waals surface area contributed by atoms with Gasteiger partial charge in [0.05, 0.1) is 5.92 Å². The van der Waals surface area contributed by atoms with Crippen LogP contribution in [0.4, 0.5) is 0 Å². The number of rotatable bonds is 0. The van der Waals surface area contributed by atoms with E-state index in [1.807, 2.05) is 13.0 Å². The molecule has 0 aromatic rings. The molecule has 2 saturated carbocycles. The second-order valence-corrected chi connectivity index (χ2v) is 5.04. The van der Waals surface area contributed by atoms with E-state index in [2.05, 4.69) is 6.92 Å². The van der Waals surface area contributed by atoms with Crippen LogP contribution in [-0.2, 0) is 9.53 Å². The normalized spacial score (nSPS) is 52.6. The second kappa shape index (κ2) is 2.62. The number of fused-ring (bicyclic) bond motifs is 5. The predicted molar refractivity (Wildman–Crippen MR) is 52.2 cm³/mol. The van der Waals surface area contributed by atoms with Gasteiger partial charge < -0.3 is 4.74 Å². The van der Waals surface area contributed by atoms with E-state index < -0.39 is 0 Å². The van der Waals surface area contributed by atoms with Crippen LogP contribution in [0, 0.1) is 29.6 Å². The van der Waals surface area contributed by atoms with E-state index in [1.165, 1.54) is 12.8 Å². The van der Waals surface area contributed by atoms with E-state index in [9.17, 15) is 4.79 Å². The van der Waals surface area contributed by atoms with Crippen molar-refractivity contribution in [2.24, 2.45) is 29.6 Å². The zero-order chi connectivity index (χ0) is 9.87. The molecule has 3 aliphatic rings. The van der Waals surface area contributed by atoms with Gasteiger partial charge in [0.2, 0.25) is 0 Å². The molecule has 5 atom stereocenters. The fourth-order valence-corrected chi connectivity index (χ4v) is 3.91. The summed E-state index contributed by atoms with van der Waals surface area (Å²) in [6.07, 6.45) is 4.47. The van der Waals surface area contributed by atoms with Crippen LogP contribution in [0.15, 0.2) is 11.8 Å². The van der Waals surface area contributed by atoms with Gasteiger partial charge in [0, 0.05) is 5.92 Å². The zero-order valence-electron chi connectivity index (χ0n) is 8.69. The molecular weight excluding hydrogens is 176 g/mol. The molecule has 14 heavy (non-hydrogen) atoms. The van der Waals surface area contributed by atoms with E-state index in [0.717, 1.165) is 11.7 Å². The molecule has 2 heteroatoms. The van der Waals surface area contributed by atoms with E-state index in [1.54, 1.807) is 0 Å². The molecule has 1 aliphatic heterocycles. The molecular formula is C12H16O2. The van der Waals surface area contributed by atoms with E-state index in [-0.39, 0.29) is 11.9 Å². The number of esters is 1. The van der Waals surface area contributed by atoms with Crippen LogP contribution in [0.3, 0.4) is 0 Å². The lowest BCUT2D eigenvalue weighted by Gasteiger charge is -2.26. The summed E-state index contributed by atoms with van der Waals surface area (Å²) in [7, 11) is 0. The molecule has 0 spiro atoms. The predicted octanol–water partition coefficient (Wildman–Crippen LogP) is 2.36. The van der Waals surface area contributed by atoms with Gasteiger partial charge in [-0.15, -0.1) is 0 Å². The van der Waals surface area contributed by atoms with Gasteiger partial charge >= 0.3 is 5.97 Å². The minimum Gasteiger partial charge on any atom is -0.431 e. The third kappa shape index (κ3) is 0.844. The topological polar surface area (TPSA) is 26.3 Å². The molecule has 2 nitrogen and oxygen atoms in total. The number of hydrogen-bond acceptors (Lipinski definition) is 2. The molecule has 76 valence electrons. The molecule has 3 rings (SSSR count). The molecule has 0 aromatic carbocycles. The second-order valence-electron chi connectivity index (χ2n) is 5.04. The maximum atomic E-state index is 11.7. The summed E-state index contributed by atoms with van der Waals surface area (Å²) in [5.74, 6) is 3.75. The van der Waals surface area contributed by atoms with Crippen LogP contribution >= 0.6 is 0 Å². The maximum absolute atomic E-state index is 11.7. The summed E-state index contributed by atoms with van der Waals surface area (Å²) in [5.41, 5.74) is 0. The highest BCUT2D eigenvalue weighted by Gasteiger charge is 2.59.